The maximum absolute atomic E-state index is 13.0. The van der Waals surface area contributed by atoms with Gasteiger partial charge < -0.3 is 10.1 Å². The Morgan fingerprint density at radius 3 is 2.37 bits per heavy atom. The van der Waals surface area contributed by atoms with Gasteiger partial charge >= 0.3 is 6.03 Å². The molecule has 0 radical (unpaired) electrons. The second-order valence-electron chi connectivity index (χ2n) is 7.55. The van der Waals surface area contributed by atoms with Gasteiger partial charge in [0.25, 0.3) is 5.91 Å². The number of halogens is 6. The topological polar surface area (TPSA) is 70.7 Å². The molecule has 0 aliphatic carbocycles. The Morgan fingerprint density at radius 1 is 1.00 bits per heavy atom. The predicted octanol–water partition coefficient (Wildman–Crippen LogP) is 9.34. The summed E-state index contributed by atoms with van der Waals surface area (Å²) in [6.45, 7) is 0.223. The molecule has 2 N–H and O–H groups in total. The largest absolute Gasteiger partial charge is 0.486 e. The summed E-state index contributed by atoms with van der Waals surface area (Å²) in [5, 5.41) is 5.24. The van der Waals surface area contributed by atoms with Crippen LogP contribution in [0.15, 0.2) is 62.4 Å². The number of thioether (sulfide) groups is 1. The molecule has 196 valence electrons. The van der Waals surface area contributed by atoms with Crippen LogP contribution in [0.3, 0.4) is 0 Å². The van der Waals surface area contributed by atoms with E-state index in [1.807, 2.05) is 0 Å². The highest BCUT2D eigenvalue weighted by atomic mass is 79.9. The summed E-state index contributed by atoms with van der Waals surface area (Å²) in [6, 6.07) is 12.7. The van der Waals surface area contributed by atoms with Gasteiger partial charge in [-0.1, -0.05) is 64.2 Å². The van der Waals surface area contributed by atoms with Crippen LogP contribution in [-0.2, 0) is 11.4 Å². The molecule has 1 aliphatic rings. The third kappa shape index (κ3) is 7.17. The average Bonchev–Trinajstić information content (AvgIpc) is 3.09. The van der Waals surface area contributed by atoms with E-state index in [2.05, 4.69) is 42.6 Å². The van der Waals surface area contributed by atoms with E-state index in [-0.39, 0.29) is 16.0 Å². The maximum atomic E-state index is 13.0. The molecule has 1 heterocycles. The van der Waals surface area contributed by atoms with Gasteiger partial charge in [-0.05, 0) is 98.2 Å². The summed E-state index contributed by atoms with van der Waals surface area (Å²) in [7, 11) is 0. The molecule has 38 heavy (non-hydrogen) atoms. The molecule has 0 aromatic heterocycles. The number of thiocarbonyl (C=S) groups is 1. The van der Waals surface area contributed by atoms with E-state index >= 15 is 0 Å². The van der Waals surface area contributed by atoms with Crippen LogP contribution in [0.4, 0.5) is 10.5 Å². The minimum absolute atomic E-state index is 0.170. The first kappa shape index (κ1) is 29.5. The highest BCUT2D eigenvalue weighted by molar-refractivity contribution is 9.11. The van der Waals surface area contributed by atoms with Crippen LogP contribution in [0.1, 0.15) is 11.1 Å². The van der Waals surface area contributed by atoms with Crippen molar-refractivity contribution < 1.29 is 14.3 Å². The van der Waals surface area contributed by atoms with Crippen molar-refractivity contribution >= 4 is 130 Å². The lowest BCUT2D eigenvalue weighted by Gasteiger charge is -2.16. The normalized spacial score (nSPS) is 14.3. The Labute approximate surface area is 264 Å². The van der Waals surface area contributed by atoms with Gasteiger partial charge in [0.15, 0.2) is 4.32 Å². The zero-order chi connectivity index (χ0) is 27.6. The molecule has 0 atom stereocenters. The van der Waals surface area contributed by atoms with Crippen LogP contribution < -0.4 is 15.5 Å². The van der Waals surface area contributed by atoms with E-state index in [0.29, 0.717) is 45.9 Å². The zero-order valence-corrected chi connectivity index (χ0v) is 26.5. The Hall–Kier alpha value is -1.50. The molecule has 3 aromatic rings. The van der Waals surface area contributed by atoms with Crippen molar-refractivity contribution in [2.45, 2.75) is 6.61 Å². The number of benzene rings is 3. The molecule has 0 bridgehead atoms. The van der Waals surface area contributed by atoms with Crippen LogP contribution in [0.5, 0.6) is 5.75 Å². The van der Waals surface area contributed by atoms with Crippen molar-refractivity contribution in [3.63, 3.8) is 0 Å². The fourth-order valence-corrected chi connectivity index (χ4v) is 6.53. The van der Waals surface area contributed by atoms with E-state index in [1.165, 1.54) is 6.07 Å². The highest BCUT2D eigenvalue weighted by Gasteiger charge is 2.33. The number of hydrogen-bond donors (Lipinski definition) is 2. The third-order valence-electron chi connectivity index (χ3n) is 4.89. The molecule has 1 saturated heterocycles. The van der Waals surface area contributed by atoms with Crippen LogP contribution in [-0.4, -0.2) is 21.3 Å². The summed E-state index contributed by atoms with van der Waals surface area (Å²) in [6.07, 6.45) is 1.66. The first-order chi connectivity index (χ1) is 18.0. The Balaban J connectivity index is 1.44. The van der Waals surface area contributed by atoms with Crippen molar-refractivity contribution in [2.24, 2.45) is 0 Å². The second-order valence-corrected chi connectivity index (χ2v) is 12.6. The minimum atomic E-state index is -0.672. The summed E-state index contributed by atoms with van der Waals surface area (Å²) in [5.74, 6) is 0.0793. The molecule has 3 amide bonds. The first-order valence-corrected chi connectivity index (χ1v) is 14.7. The number of nitrogens with zero attached hydrogens (tertiary/aromatic N) is 1. The molecule has 6 nitrogen and oxygen atoms in total. The summed E-state index contributed by atoms with van der Waals surface area (Å²) in [5.41, 5.74) is 4.31. The molecule has 3 aromatic carbocycles. The number of amides is 3. The molecule has 0 unspecified atom stereocenters. The van der Waals surface area contributed by atoms with Crippen molar-refractivity contribution in [2.75, 3.05) is 5.32 Å². The van der Waals surface area contributed by atoms with Gasteiger partial charge in [0.05, 0.1) is 23.9 Å². The summed E-state index contributed by atoms with van der Waals surface area (Å²) in [4.78, 5) is 25.7. The van der Waals surface area contributed by atoms with Gasteiger partial charge in [-0.25, -0.2) is 10.2 Å². The van der Waals surface area contributed by atoms with Crippen LogP contribution in [0.25, 0.3) is 6.08 Å². The molecule has 0 spiro atoms. The van der Waals surface area contributed by atoms with Gasteiger partial charge in [0.1, 0.15) is 12.4 Å². The first-order valence-electron chi connectivity index (χ1n) is 10.4. The molecule has 0 saturated carbocycles. The highest BCUT2D eigenvalue weighted by Crippen LogP contribution is 2.38. The lowest BCUT2D eigenvalue weighted by atomic mass is 10.2. The van der Waals surface area contributed by atoms with Gasteiger partial charge in [-0.2, -0.15) is 5.01 Å². The van der Waals surface area contributed by atoms with E-state index in [0.717, 1.165) is 22.3 Å². The van der Waals surface area contributed by atoms with E-state index in [9.17, 15) is 9.59 Å². The molecule has 1 aliphatic heterocycles. The number of ether oxygens (including phenoxy) is 1. The standard InChI is InChI=1S/C24H13Br2Cl4N3O3S2/c25-15-5-11(6-16(26)21(15)36-10-12-1-2-13(27)8-18(12)29)7-20-22(34)33(24(37)38-20)32-23(35)31-14-3-4-17(28)19(30)9-14/h1-9H,10H2,(H2,31,32,35)/b20-7+. The van der Waals surface area contributed by atoms with Crippen molar-refractivity contribution in [3.8, 4) is 5.75 Å². The number of hydrazine groups is 1. The van der Waals surface area contributed by atoms with Crippen molar-refractivity contribution in [1.82, 2.24) is 10.4 Å². The van der Waals surface area contributed by atoms with Crippen molar-refractivity contribution in [1.29, 1.82) is 0 Å². The maximum Gasteiger partial charge on any atom is 0.338 e. The monoisotopic (exact) mass is 753 g/mol. The number of carbonyl (C=O) groups is 2. The van der Waals surface area contributed by atoms with Crippen molar-refractivity contribution in [3.05, 3.63) is 93.6 Å². The summed E-state index contributed by atoms with van der Waals surface area (Å²) >= 11 is 37.4. The van der Waals surface area contributed by atoms with Gasteiger partial charge in [0.2, 0.25) is 0 Å². The lowest BCUT2D eigenvalue weighted by Crippen LogP contribution is -2.46. The van der Waals surface area contributed by atoms with Crippen LogP contribution in [0.2, 0.25) is 20.1 Å². The van der Waals surface area contributed by atoms with Crippen LogP contribution in [0, 0.1) is 0 Å². The van der Waals surface area contributed by atoms with Gasteiger partial charge in [-0.15, -0.1) is 0 Å². The molecular formula is C24H13Br2Cl4N3O3S2. The van der Waals surface area contributed by atoms with E-state index in [1.54, 1.807) is 48.5 Å². The molecule has 4 rings (SSSR count). The SMILES string of the molecule is O=C(Nc1ccc(Cl)c(Cl)c1)NN1C(=O)/C(=C\c2cc(Br)c(OCc3ccc(Cl)cc3Cl)c(Br)c2)SC1=S. The van der Waals surface area contributed by atoms with Gasteiger partial charge in [-0.3, -0.25) is 4.79 Å². The predicted molar refractivity (Wildman–Crippen MR) is 166 cm³/mol. The molecule has 1 fully saturated rings. The third-order valence-corrected chi connectivity index (χ3v) is 8.70. The Kier molecular flexibility index (Phi) is 9.92. The number of rotatable bonds is 6. The van der Waals surface area contributed by atoms with Crippen LogP contribution >= 0.6 is 102 Å². The Bertz CT molecular complexity index is 1480. The summed E-state index contributed by atoms with van der Waals surface area (Å²) < 4.78 is 7.42. The second kappa shape index (κ2) is 12.8. The molecular weight excluding hydrogens is 744 g/mol. The molecule has 14 heteroatoms. The zero-order valence-electron chi connectivity index (χ0n) is 18.7. The lowest BCUT2D eigenvalue weighted by molar-refractivity contribution is -0.123. The number of carbonyl (C=O) groups excluding carboxylic acids is 2. The minimum Gasteiger partial charge on any atom is -0.486 e. The number of hydrogen-bond acceptors (Lipinski definition) is 5. The van der Waals surface area contributed by atoms with Gasteiger partial charge in [0, 0.05) is 21.3 Å². The Morgan fingerprint density at radius 2 is 1.71 bits per heavy atom. The number of nitrogens with one attached hydrogen (secondary N) is 2. The fourth-order valence-electron chi connectivity index (χ4n) is 3.14. The number of urea groups is 1. The van der Waals surface area contributed by atoms with E-state index < -0.39 is 11.9 Å². The number of anilines is 1. The fraction of sp³-hybridized carbons (Fsp3) is 0.0417. The quantitative estimate of drug-likeness (QED) is 0.194. The van der Waals surface area contributed by atoms with E-state index in [4.69, 9.17) is 63.4 Å². The average molecular weight is 757 g/mol. The smallest absolute Gasteiger partial charge is 0.338 e.